The number of nitrogens with zero attached hydrogens (tertiary/aromatic N) is 2. The van der Waals surface area contributed by atoms with E-state index in [9.17, 15) is 4.79 Å². The number of rotatable bonds is 3. The smallest absolute Gasteiger partial charge is 0.205 e. The Morgan fingerprint density at radius 1 is 1.21 bits per heavy atom. The summed E-state index contributed by atoms with van der Waals surface area (Å²) < 4.78 is 0. The van der Waals surface area contributed by atoms with Crippen LogP contribution in [0.5, 0.6) is 0 Å². The van der Waals surface area contributed by atoms with Crippen LogP contribution in [0.4, 0.5) is 5.69 Å². The van der Waals surface area contributed by atoms with Gasteiger partial charge in [0.1, 0.15) is 9.71 Å². The molecule has 0 aliphatic carbocycles. The minimum Gasteiger partial charge on any atom is -0.397 e. The molecule has 0 fully saturated rings. The highest BCUT2D eigenvalue weighted by Crippen LogP contribution is 2.45. The first-order chi connectivity index (χ1) is 14.0. The fourth-order valence-electron chi connectivity index (χ4n) is 3.96. The molecule has 1 aliphatic heterocycles. The number of ketones is 1. The number of likely N-dealkylation sites (N-methyl/N-ethyl adjacent to an activating group) is 1. The van der Waals surface area contributed by atoms with Gasteiger partial charge in [-0.15, -0.1) is 22.7 Å². The quantitative estimate of drug-likeness (QED) is 0.468. The number of benzene rings is 1. The normalized spacial score (nSPS) is 14.3. The second kappa shape index (κ2) is 7.06. The molecule has 3 aromatic heterocycles. The molecule has 5 rings (SSSR count). The van der Waals surface area contributed by atoms with E-state index in [4.69, 9.17) is 10.7 Å². The van der Waals surface area contributed by atoms with E-state index in [1.165, 1.54) is 21.8 Å². The summed E-state index contributed by atoms with van der Waals surface area (Å²) in [7, 11) is 2.13. The number of aromatic nitrogens is 1. The van der Waals surface area contributed by atoms with Crippen molar-refractivity contribution >= 4 is 44.4 Å². The lowest BCUT2D eigenvalue weighted by Gasteiger charge is -2.26. The number of carbonyl (C=O) groups is 1. The van der Waals surface area contributed by atoms with Crippen LogP contribution in [0.25, 0.3) is 20.7 Å². The first-order valence-corrected chi connectivity index (χ1v) is 11.3. The van der Waals surface area contributed by atoms with Crippen LogP contribution >= 0.6 is 22.7 Å². The number of anilines is 1. The van der Waals surface area contributed by atoms with Crippen LogP contribution in [0.2, 0.25) is 0 Å². The third-order valence-corrected chi connectivity index (χ3v) is 7.49. The van der Waals surface area contributed by atoms with Gasteiger partial charge in [0.05, 0.1) is 5.69 Å². The Labute approximate surface area is 177 Å². The molecule has 4 heterocycles. The minimum atomic E-state index is -0.0299. The van der Waals surface area contributed by atoms with Gasteiger partial charge in [0.25, 0.3) is 0 Å². The van der Waals surface area contributed by atoms with Gasteiger partial charge in [-0.05, 0) is 31.0 Å². The third-order valence-electron chi connectivity index (χ3n) is 5.51. The molecule has 4 aromatic rings. The maximum Gasteiger partial charge on any atom is 0.205 e. The molecule has 1 aromatic carbocycles. The lowest BCUT2D eigenvalue weighted by molar-refractivity contribution is 0.104. The highest BCUT2D eigenvalue weighted by Gasteiger charge is 2.27. The molecule has 4 nitrogen and oxygen atoms in total. The molecule has 0 amide bonds. The molecule has 0 atom stereocenters. The van der Waals surface area contributed by atoms with Crippen molar-refractivity contribution < 1.29 is 4.79 Å². The van der Waals surface area contributed by atoms with E-state index in [1.54, 1.807) is 11.3 Å². The van der Waals surface area contributed by atoms with Crippen molar-refractivity contribution in [2.75, 3.05) is 19.3 Å². The van der Waals surface area contributed by atoms with Crippen molar-refractivity contribution in [3.8, 4) is 10.4 Å². The molecule has 2 N–H and O–H groups in total. The van der Waals surface area contributed by atoms with Crippen molar-refractivity contribution in [3.63, 3.8) is 0 Å². The molecular formula is C23H21N3OS2. The van der Waals surface area contributed by atoms with E-state index >= 15 is 0 Å². The molecule has 0 radical (unpaired) electrons. The van der Waals surface area contributed by atoms with Crippen molar-refractivity contribution in [1.29, 1.82) is 0 Å². The van der Waals surface area contributed by atoms with Crippen LogP contribution in [0.3, 0.4) is 0 Å². The fraction of sp³-hybridized carbons (Fsp3) is 0.217. The van der Waals surface area contributed by atoms with Gasteiger partial charge in [0.15, 0.2) is 0 Å². The Hall–Kier alpha value is -2.54. The van der Waals surface area contributed by atoms with Gasteiger partial charge in [-0.25, -0.2) is 4.98 Å². The Morgan fingerprint density at radius 3 is 2.72 bits per heavy atom. The average Bonchev–Trinajstić information content (AvgIpc) is 3.35. The van der Waals surface area contributed by atoms with Gasteiger partial charge in [-0.3, -0.25) is 4.79 Å². The number of carbonyl (C=O) groups excluding carboxylic acids is 1. The molecule has 1 aliphatic rings. The molecule has 6 heteroatoms. The molecule has 0 saturated heterocycles. The van der Waals surface area contributed by atoms with Gasteiger partial charge >= 0.3 is 0 Å². The van der Waals surface area contributed by atoms with Crippen molar-refractivity contribution in [3.05, 3.63) is 69.0 Å². The van der Waals surface area contributed by atoms with Crippen molar-refractivity contribution in [2.24, 2.45) is 0 Å². The van der Waals surface area contributed by atoms with Crippen molar-refractivity contribution in [2.45, 2.75) is 19.9 Å². The first-order valence-electron chi connectivity index (χ1n) is 9.60. The number of nitrogen functional groups attached to an aromatic ring is 1. The molecular weight excluding hydrogens is 398 g/mol. The summed E-state index contributed by atoms with van der Waals surface area (Å²) in [6, 6.07) is 11.9. The first kappa shape index (κ1) is 18.5. The van der Waals surface area contributed by atoms with E-state index in [-0.39, 0.29) is 5.78 Å². The van der Waals surface area contributed by atoms with Gasteiger partial charge in [0.2, 0.25) is 5.78 Å². The largest absolute Gasteiger partial charge is 0.397 e. The molecule has 0 unspecified atom stereocenters. The van der Waals surface area contributed by atoms with Crippen LogP contribution in [0.15, 0.2) is 41.8 Å². The average molecular weight is 420 g/mol. The van der Waals surface area contributed by atoms with Gasteiger partial charge in [-0.2, -0.15) is 0 Å². The monoisotopic (exact) mass is 419 g/mol. The van der Waals surface area contributed by atoms with Crippen LogP contribution < -0.4 is 5.73 Å². The summed E-state index contributed by atoms with van der Waals surface area (Å²) in [4.78, 5) is 23.1. The summed E-state index contributed by atoms with van der Waals surface area (Å²) in [6.45, 7) is 3.86. The maximum absolute atomic E-state index is 13.2. The van der Waals surface area contributed by atoms with E-state index in [2.05, 4.69) is 29.5 Å². The second-order valence-corrected chi connectivity index (χ2v) is 9.54. The zero-order valence-corrected chi connectivity index (χ0v) is 18.0. The number of hydrogen-bond donors (Lipinski definition) is 1. The molecule has 0 saturated carbocycles. The van der Waals surface area contributed by atoms with E-state index in [0.29, 0.717) is 16.1 Å². The van der Waals surface area contributed by atoms with Gasteiger partial charge in [0, 0.05) is 46.6 Å². The topological polar surface area (TPSA) is 59.2 Å². The summed E-state index contributed by atoms with van der Waals surface area (Å²) in [5.74, 6) is -0.0299. The molecule has 0 spiro atoms. The van der Waals surface area contributed by atoms with Crippen molar-refractivity contribution in [1.82, 2.24) is 9.88 Å². The Kier molecular flexibility index (Phi) is 4.50. The highest BCUT2D eigenvalue weighted by atomic mass is 32.1. The lowest BCUT2D eigenvalue weighted by Crippen LogP contribution is -2.27. The summed E-state index contributed by atoms with van der Waals surface area (Å²) in [6.07, 6.45) is 0.916. The number of aryl methyl sites for hydroxylation is 1. The minimum absolute atomic E-state index is 0.0299. The number of pyridine rings is 1. The summed E-state index contributed by atoms with van der Waals surface area (Å²) >= 11 is 3.13. The predicted molar refractivity (Wildman–Crippen MR) is 122 cm³/mol. The SMILES string of the molecule is Cc1ccc(C(=O)c2sc3nc4c(c(-c5cccs5)c3c2N)CN(C)CC4)cc1. The second-order valence-electron chi connectivity index (χ2n) is 7.60. The third kappa shape index (κ3) is 3.08. The van der Waals surface area contributed by atoms with Crippen LogP contribution in [-0.2, 0) is 13.0 Å². The zero-order chi connectivity index (χ0) is 20.1. The highest BCUT2D eigenvalue weighted by molar-refractivity contribution is 7.21. The number of fused-ring (bicyclic) bond motifs is 2. The zero-order valence-electron chi connectivity index (χ0n) is 16.4. The van der Waals surface area contributed by atoms with Crippen LogP contribution in [0.1, 0.15) is 32.1 Å². The standard InChI is InChI=1S/C23H21N3OS2/c1-13-5-7-14(8-6-13)21(27)22-20(24)19-18(17-4-3-11-28-17)15-12-26(2)10-9-16(15)25-23(19)29-22/h3-8,11H,9-10,12,24H2,1-2H3. The summed E-state index contributed by atoms with van der Waals surface area (Å²) in [5, 5.41) is 3.02. The molecule has 29 heavy (non-hydrogen) atoms. The number of nitrogens with two attached hydrogens (primary N) is 1. The molecule has 146 valence electrons. The molecule has 0 bridgehead atoms. The predicted octanol–water partition coefficient (Wildman–Crippen LogP) is 5.13. The van der Waals surface area contributed by atoms with Gasteiger partial charge in [-0.1, -0.05) is 35.9 Å². The summed E-state index contributed by atoms with van der Waals surface area (Å²) in [5.41, 5.74) is 12.5. The van der Waals surface area contributed by atoms with Crippen LogP contribution in [0, 0.1) is 6.92 Å². The number of hydrogen-bond acceptors (Lipinski definition) is 6. The van der Waals surface area contributed by atoms with Crippen LogP contribution in [-0.4, -0.2) is 29.3 Å². The lowest BCUT2D eigenvalue weighted by atomic mass is 9.95. The number of thiophene rings is 2. The Balaban J connectivity index is 1.76. The Bertz CT molecular complexity index is 1220. The van der Waals surface area contributed by atoms with Gasteiger partial charge < -0.3 is 10.6 Å². The van der Waals surface area contributed by atoms with E-state index in [0.717, 1.165) is 46.5 Å². The Morgan fingerprint density at radius 2 is 2.00 bits per heavy atom. The maximum atomic E-state index is 13.2. The fourth-order valence-corrected chi connectivity index (χ4v) is 5.85. The van der Waals surface area contributed by atoms with E-state index in [1.807, 2.05) is 31.2 Å². The van der Waals surface area contributed by atoms with E-state index < -0.39 is 0 Å².